The van der Waals surface area contributed by atoms with E-state index >= 15 is 0 Å². The fourth-order valence-corrected chi connectivity index (χ4v) is 4.06. The summed E-state index contributed by atoms with van der Waals surface area (Å²) in [6, 6.07) is 19.5. The van der Waals surface area contributed by atoms with Crippen LogP contribution in [0.2, 0.25) is 0 Å². The first kappa shape index (κ1) is 18.9. The van der Waals surface area contributed by atoms with E-state index in [9.17, 15) is 4.79 Å². The van der Waals surface area contributed by atoms with Crippen molar-refractivity contribution in [1.82, 2.24) is 19.8 Å². The summed E-state index contributed by atoms with van der Waals surface area (Å²) in [6.07, 6.45) is 9.20. The number of aromatic nitrogens is 3. The van der Waals surface area contributed by atoms with E-state index in [1.165, 1.54) is 5.56 Å². The molecule has 0 saturated carbocycles. The van der Waals surface area contributed by atoms with Crippen LogP contribution >= 0.6 is 0 Å². The van der Waals surface area contributed by atoms with Gasteiger partial charge in [0.05, 0.1) is 6.20 Å². The zero-order chi connectivity index (χ0) is 21.2. The second kappa shape index (κ2) is 7.96. The molecule has 0 aliphatic carbocycles. The third-order valence-electron chi connectivity index (χ3n) is 5.58. The molecule has 1 aliphatic rings. The third kappa shape index (κ3) is 3.62. The molecule has 31 heavy (non-hydrogen) atoms. The number of terminal acetylenes is 1. The number of hydrogen-bond acceptors (Lipinski definition) is 4. The molecule has 5 rings (SSSR count). The first-order valence-electron chi connectivity index (χ1n) is 10.1. The van der Waals surface area contributed by atoms with Gasteiger partial charge in [-0.1, -0.05) is 65.7 Å². The fourth-order valence-electron chi connectivity index (χ4n) is 4.06. The summed E-state index contributed by atoms with van der Waals surface area (Å²) in [5.41, 5.74) is 4.54. The molecule has 1 amide bonds. The number of amides is 1. The van der Waals surface area contributed by atoms with Gasteiger partial charge in [-0.2, -0.15) is 5.10 Å². The molecule has 1 aliphatic heterocycles. The van der Waals surface area contributed by atoms with Gasteiger partial charge in [-0.3, -0.25) is 9.48 Å². The standard InChI is InChI=1S/C25H20N4O2/c1-2-12-29-16-20(14-26-29)22-17-28(15-19-10-6-7-11-21(19)22)25(30)23-13-24(31-27-23)18-8-4-3-5-9-18/h1,3-11,13-14,16,22H,12,15,17H2. The summed E-state index contributed by atoms with van der Waals surface area (Å²) >= 11 is 0. The number of carbonyl (C=O) groups excluding carboxylic acids is 1. The molecule has 4 aromatic rings. The smallest absolute Gasteiger partial charge is 0.276 e. The van der Waals surface area contributed by atoms with Gasteiger partial charge in [0.2, 0.25) is 0 Å². The van der Waals surface area contributed by atoms with Gasteiger partial charge in [-0.15, -0.1) is 6.42 Å². The van der Waals surface area contributed by atoms with Gasteiger partial charge < -0.3 is 9.42 Å². The molecule has 2 aromatic carbocycles. The van der Waals surface area contributed by atoms with Crippen LogP contribution in [0.15, 0.2) is 77.6 Å². The Kier molecular flexibility index (Phi) is 4.85. The highest BCUT2D eigenvalue weighted by Gasteiger charge is 2.31. The van der Waals surface area contributed by atoms with Crippen LogP contribution in [-0.2, 0) is 13.1 Å². The molecule has 152 valence electrons. The van der Waals surface area contributed by atoms with Gasteiger partial charge in [0.15, 0.2) is 11.5 Å². The molecule has 0 fully saturated rings. The minimum atomic E-state index is -0.151. The Morgan fingerprint density at radius 3 is 2.81 bits per heavy atom. The molecule has 3 heterocycles. The van der Waals surface area contributed by atoms with E-state index in [0.717, 1.165) is 16.7 Å². The third-order valence-corrected chi connectivity index (χ3v) is 5.58. The van der Waals surface area contributed by atoms with E-state index in [1.54, 1.807) is 10.7 Å². The van der Waals surface area contributed by atoms with Crippen molar-refractivity contribution >= 4 is 5.91 Å². The van der Waals surface area contributed by atoms with Crippen molar-refractivity contribution < 1.29 is 9.32 Å². The molecule has 0 saturated heterocycles. The molecule has 2 aromatic heterocycles. The van der Waals surface area contributed by atoms with E-state index in [2.05, 4.69) is 28.3 Å². The first-order chi connectivity index (χ1) is 15.2. The van der Waals surface area contributed by atoms with E-state index < -0.39 is 0 Å². The molecule has 6 nitrogen and oxygen atoms in total. The number of hydrogen-bond donors (Lipinski definition) is 0. The summed E-state index contributed by atoms with van der Waals surface area (Å²) in [5.74, 6) is 3.04. The summed E-state index contributed by atoms with van der Waals surface area (Å²) < 4.78 is 7.18. The SMILES string of the molecule is C#CCn1cc(C2CN(C(=O)c3cc(-c4ccccc4)on3)Cc3ccccc32)cn1. The van der Waals surface area contributed by atoms with Crippen LogP contribution < -0.4 is 0 Å². The lowest BCUT2D eigenvalue weighted by molar-refractivity contribution is 0.0714. The van der Waals surface area contributed by atoms with Crippen molar-refractivity contribution in [3.63, 3.8) is 0 Å². The van der Waals surface area contributed by atoms with Crippen molar-refractivity contribution in [3.05, 3.63) is 95.4 Å². The maximum Gasteiger partial charge on any atom is 0.276 e. The first-order valence-corrected chi connectivity index (χ1v) is 10.1. The minimum absolute atomic E-state index is 0.0147. The summed E-state index contributed by atoms with van der Waals surface area (Å²) in [7, 11) is 0. The molecule has 0 radical (unpaired) electrons. The predicted molar refractivity (Wildman–Crippen MR) is 116 cm³/mol. The zero-order valence-corrected chi connectivity index (χ0v) is 16.8. The Balaban J connectivity index is 1.44. The molecule has 0 bridgehead atoms. The van der Waals surface area contributed by atoms with Crippen molar-refractivity contribution in [2.75, 3.05) is 6.54 Å². The molecule has 0 N–H and O–H groups in total. The Bertz CT molecular complexity index is 1270. The largest absolute Gasteiger partial charge is 0.355 e. The molecule has 1 atom stereocenters. The summed E-state index contributed by atoms with van der Waals surface area (Å²) in [5, 5.41) is 8.41. The van der Waals surface area contributed by atoms with Crippen LogP contribution in [0.5, 0.6) is 0 Å². The van der Waals surface area contributed by atoms with Crippen LogP contribution in [-0.4, -0.2) is 32.3 Å². The molecular weight excluding hydrogens is 388 g/mol. The Labute approximate surface area is 180 Å². The maximum absolute atomic E-state index is 13.3. The molecular formula is C25H20N4O2. The summed E-state index contributed by atoms with van der Waals surface area (Å²) in [4.78, 5) is 15.1. The van der Waals surface area contributed by atoms with Crippen LogP contribution in [0.25, 0.3) is 11.3 Å². The predicted octanol–water partition coefficient (Wildman–Crippen LogP) is 3.96. The maximum atomic E-state index is 13.3. The average molecular weight is 408 g/mol. The minimum Gasteiger partial charge on any atom is -0.355 e. The number of carbonyl (C=O) groups is 1. The Hall–Kier alpha value is -4.11. The Morgan fingerprint density at radius 2 is 1.97 bits per heavy atom. The fraction of sp³-hybridized carbons (Fsp3) is 0.160. The summed E-state index contributed by atoms with van der Waals surface area (Å²) in [6.45, 7) is 1.47. The van der Waals surface area contributed by atoms with E-state index in [0.29, 0.717) is 31.1 Å². The van der Waals surface area contributed by atoms with Gasteiger partial charge in [0.1, 0.15) is 6.54 Å². The van der Waals surface area contributed by atoms with Crippen LogP contribution in [0.4, 0.5) is 0 Å². The average Bonchev–Trinajstić information content (AvgIpc) is 3.49. The highest BCUT2D eigenvalue weighted by Crippen LogP contribution is 2.34. The molecule has 0 spiro atoms. The lowest BCUT2D eigenvalue weighted by atomic mass is 9.86. The number of rotatable bonds is 4. The van der Waals surface area contributed by atoms with Gasteiger partial charge in [-0.05, 0) is 16.7 Å². The quantitative estimate of drug-likeness (QED) is 0.480. The monoisotopic (exact) mass is 408 g/mol. The van der Waals surface area contributed by atoms with E-state index in [1.807, 2.05) is 59.8 Å². The second-order valence-corrected chi connectivity index (χ2v) is 7.55. The van der Waals surface area contributed by atoms with E-state index in [-0.39, 0.29) is 11.8 Å². The van der Waals surface area contributed by atoms with Crippen molar-refractivity contribution in [3.8, 4) is 23.7 Å². The topological polar surface area (TPSA) is 64.2 Å². The second-order valence-electron chi connectivity index (χ2n) is 7.55. The highest BCUT2D eigenvalue weighted by atomic mass is 16.5. The van der Waals surface area contributed by atoms with Gasteiger partial charge in [0.25, 0.3) is 5.91 Å². The number of fused-ring (bicyclic) bond motifs is 1. The lowest BCUT2D eigenvalue weighted by Crippen LogP contribution is -2.38. The zero-order valence-electron chi connectivity index (χ0n) is 16.8. The molecule has 1 unspecified atom stereocenters. The van der Waals surface area contributed by atoms with Crippen LogP contribution in [0.1, 0.15) is 33.1 Å². The molecule has 6 heteroatoms. The normalized spacial score (nSPS) is 15.3. The van der Waals surface area contributed by atoms with Gasteiger partial charge in [-0.25, -0.2) is 0 Å². The van der Waals surface area contributed by atoms with Crippen molar-refractivity contribution in [2.45, 2.75) is 19.0 Å². The van der Waals surface area contributed by atoms with Crippen LogP contribution in [0.3, 0.4) is 0 Å². The van der Waals surface area contributed by atoms with Gasteiger partial charge >= 0.3 is 0 Å². The van der Waals surface area contributed by atoms with E-state index in [4.69, 9.17) is 10.9 Å². The lowest BCUT2D eigenvalue weighted by Gasteiger charge is -2.34. The number of nitrogens with zero attached hydrogens (tertiary/aromatic N) is 4. The Morgan fingerprint density at radius 1 is 1.16 bits per heavy atom. The van der Waals surface area contributed by atoms with Crippen molar-refractivity contribution in [1.29, 1.82) is 0 Å². The van der Waals surface area contributed by atoms with Gasteiger partial charge in [0, 0.05) is 36.8 Å². The number of benzene rings is 2. The highest BCUT2D eigenvalue weighted by molar-refractivity contribution is 5.93. The van der Waals surface area contributed by atoms with Crippen LogP contribution in [0, 0.1) is 12.3 Å². The van der Waals surface area contributed by atoms with Crippen molar-refractivity contribution in [2.24, 2.45) is 0 Å².